The number of rotatable bonds is 4. The number of hydrogen-bond acceptors (Lipinski definition) is 3. The van der Waals surface area contributed by atoms with Gasteiger partial charge in [0, 0.05) is 10.7 Å². The van der Waals surface area contributed by atoms with Crippen molar-refractivity contribution in [2.24, 2.45) is 5.73 Å². The van der Waals surface area contributed by atoms with Gasteiger partial charge in [-0.25, -0.2) is 4.98 Å². The molecule has 0 aliphatic carbocycles. The summed E-state index contributed by atoms with van der Waals surface area (Å²) in [4.78, 5) is 15.5. The second-order valence-electron chi connectivity index (χ2n) is 3.38. The second-order valence-corrected chi connectivity index (χ2v) is 4.65. The van der Waals surface area contributed by atoms with Crippen LogP contribution in [0.5, 0.6) is 0 Å². The standard InChI is InChI=1S/C10H13BrClN3O/c1-2-3-7(13)10(16)15-8-4-6(11)5-14-9(8)12/h4-5,7H,2-3,13H2,1H3,(H,15,16)/t7-/m1/s1. The molecule has 6 heteroatoms. The Morgan fingerprint density at radius 1 is 1.75 bits per heavy atom. The number of carbonyl (C=O) groups is 1. The lowest BCUT2D eigenvalue weighted by molar-refractivity contribution is -0.117. The van der Waals surface area contributed by atoms with Gasteiger partial charge in [0.1, 0.15) is 0 Å². The Kier molecular flexibility index (Phi) is 5.18. The first-order valence-corrected chi connectivity index (χ1v) is 6.09. The number of pyridine rings is 1. The third kappa shape index (κ3) is 3.73. The van der Waals surface area contributed by atoms with Crippen LogP contribution in [0, 0.1) is 0 Å². The van der Waals surface area contributed by atoms with Gasteiger partial charge in [0.2, 0.25) is 5.91 Å². The minimum absolute atomic E-state index is 0.247. The first kappa shape index (κ1) is 13.4. The van der Waals surface area contributed by atoms with Crippen LogP contribution in [0.3, 0.4) is 0 Å². The Hall–Kier alpha value is -0.650. The molecule has 16 heavy (non-hydrogen) atoms. The van der Waals surface area contributed by atoms with E-state index in [-0.39, 0.29) is 11.1 Å². The molecule has 0 saturated heterocycles. The quantitative estimate of drug-likeness (QED) is 0.840. The molecule has 1 rings (SSSR count). The van der Waals surface area contributed by atoms with E-state index in [0.717, 1.165) is 10.9 Å². The Morgan fingerprint density at radius 3 is 3.06 bits per heavy atom. The molecule has 1 aromatic rings. The van der Waals surface area contributed by atoms with E-state index in [0.29, 0.717) is 12.1 Å². The molecule has 4 nitrogen and oxygen atoms in total. The topological polar surface area (TPSA) is 68.0 Å². The molecule has 0 aromatic carbocycles. The fraction of sp³-hybridized carbons (Fsp3) is 0.400. The average molecular weight is 307 g/mol. The van der Waals surface area contributed by atoms with Gasteiger partial charge in [-0.05, 0) is 28.4 Å². The molecule has 1 aromatic heterocycles. The number of halogens is 2. The number of nitrogens with two attached hydrogens (primary N) is 1. The zero-order valence-corrected chi connectivity index (χ0v) is 11.2. The monoisotopic (exact) mass is 305 g/mol. The van der Waals surface area contributed by atoms with Crippen molar-refractivity contribution in [1.29, 1.82) is 0 Å². The highest BCUT2D eigenvalue weighted by molar-refractivity contribution is 9.10. The highest BCUT2D eigenvalue weighted by Gasteiger charge is 2.14. The molecule has 88 valence electrons. The van der Waals surface area contributed by atoms with E-state index in [4.69, 9.17) is 17.3 Å². The van der Waals surface area contributed by atoms with Gasteiger partial charge in [0.05, 0.1) is 11.7 Å². The molecule has 0 aliphatic heterocycles. The summed E-state index contributed by atoms with van der Waals surface area (Å²) in [6, 6.07) is 1.17. The smallest absolute Gasteiger partial charge is 0.241 e. The fourth-order valence-electron chi connectivity index (χ4n) is 1.18. The Morgan fingerprint density at radius 2 is 2.44 bits per heavy atom. The van der Waals surface area contributed by atoms with E-state index in [2.05, 4.69) is 26.2 Å². The van der Waals surface area contributed by atoms with Gasteiger partial charge >= 0.3 is 0 Å². The van der Waals surface area contributed by atoms with E-state index in [9.17, 15) is 4.79 Å². The average Bonchev–Trinajstić information content (AvgIpc) is 2.23. The van der Waals surface area contributed by atoms with E-state index >= 15 is 0 Å². The van der Waals surface area contributed by atoms with Crippen LogP contribution in [0.4, 0.5) is 5.69 Å². The molecule has 3 N–H and O–H groups in total. The van der Waals surface area contributed by atoms with Crippen LogP contribution < -0.4 is 11.1 Å². The van der Waals surface area contributed by atoms with Crippen LogP contribution in [0.2, 0.25) is 5.15 Å². The zero-order valence-electron chi connectivity index (χ0n) is 8.84. The van der Waals surface area contributed by atoms with Gasteiger partial charge in [-0.15, -0.1) is 0 Å². The largest absolute Gasteiger partial charge is 0.322 e. The lowest BCUT2D eigenvalue weighted by atomic mass is 10.1. The molecule has 1 amide bonds. The van der Waals surface area contributed by atoms with Crippen LogP contribution in [0.1, 0.15) is 19.8 Å². The Bertz CT molecular complexity index is 386. The van der Waals surface area contributed by atoms with E-state index in [1.165, 1.54) is 0 Å². The molecule has 1 atom stereocenters. The maximum absolute atomic E-state index is 11.6. The summed E-state index contributed by atoms with van der Waals surface area (Å²) < 4.78 is 0.747. The minimum Gasteiger partial charge on any atom is -0.322 e. The second kappa shape index (κ2) is 6.18. The normalized spacial score (nSPS) is 12.2. The van der Waals surface area contributed by atoms with Crippen molar-refractivity contribution >= 4 is 39.1 Å². The van der Waals surface area contributed by atoms with Crippen molar-refractivity contribution in [1.82, 2.24) is 4.98 Å². The molecule has 0 radical (unpaired) electrons. The maximum Gasteiger partial charge on any atom is 0.241 e. The SMILES string of the molecule is CCC[C@@H](N)C(=O)Nc1cc(Br)cnc1Cl. The van der Waals surface area contributed by atoms with Crippen LogP contribution in [0.25, 0.3) is 0 Å². The number of nitrogens with one attached hydrogen (secondary N) is 1. The lowest BCUT2D eigenvalue weighted by Gasteiger charge is -2.11. The highest BCUT2D eigenvalue weighted by atomic mass is 79.9. The third-order valence-electron chi connectivity index (χ3n) is 2.00. The third-order valence-corrected chi connectivity index (χ3v) is 2.73. The molecule has 0 fully saturated rings. The van der Waals surface area contributed by atoms with E-state index < -0.39 is 6.04 Å². The molecular weight excluding hydrogens is 293 g/mol. The first-order chi connectivity index (χ1) is 7.54. The molecule has 1 heterocycles. The molecule has 0 spiro atoms. The van der Waals surface area contributed by atoms with Crippen LogP contribution >= 0.6 is 27.5 Å². The van der Waals surface area contributed by atoms with Gasteiger partial charge in [-0.2, -0.15) is 0 Å². The number of amides is 1. The number of hydrogen-bond donors (Lipinski definition) is 2. The predicted molar refractivity (Wildman–Crippen MR) is 68.5 cm³/mol. The van der Waals surface area contributed by atoms with Crippen molar-refractivity contribution in [2.75, 3.05) is 5.32 Å². The van der Waals surface area contributed by atoms with Gasteiger partial charge in [0.25, 0.3) is 0 Å². The number of nitrogens with zero attached hydrogens (tertiary/aromatic N) is 1. The van der Waals surface area contributed by atoms with Crippen LogP contribution in [-0.2, 0) is 4.79 Å². The summed E-state index contributed by atoms with van der Waals surface area (Å²) in [5.74, 6) is -0.247. The zero-order chi connectivity index (χ0) is 12.1. The van der Waals surface area contributed by atoms with Crippen molar-refractivity contribution < 1.29 is 4.79 Å². The number of carbonyl (C=O) groups excluding carboxylic acids is 1. The van der Waals surface area contributed by atoms with E-state index in [1.54, 1.807) is 12.3 Å². The molecule has 0 unspecified atom stereocenters. The first-order valence-electron chi connectivity index (χ1n) is 4.92. The maximum atomic E-state index is 11.6. The number of anilines is 1. The van der Waals surface area contributed by atoms with Gasteiger partial charge < -0.3 is 11.1 Å². The summed E-state index contributed by atoms with van der Waals surface area (Å²) in [6.45, 7) is 1.97. The molecular formula is C10H13BrClN3O. The number of aromatic nitrogens is 1. The summed E-state index contributed by atoms with van der Waals surface area (Å²) in [6.07, 6.45) is 3.06. The predicted octanol–water partition coefficient (Wildman–Crippen LogP) is 2.56. The fourth-order valence-corrected chi connectivity index (χ4v) is 1.66. The summed E-state index contributed by atoms with van der Waals surface area (Å²) in [5, 5.41) is 2.90. The molecule has 0 bridgehead atoms. The van der Waals surface area contributed by atoms with E-state index in [1.807, 2.05) is 6.92 Å². The van der Waals surface area contributed by atoms with Crippen molar-refractivity contribution in [3.05, 3.63) is 21.9 Å². The van der Waals surface area contributed by atoms with Crippen molar-refractivity contribution in [3.63, 3.8) is 0 Å². The summed E-state index contributed by atoms with van der Waals surface area (Å²) >= 11 is 9.08. The molecule has 0 aliphatic rings. The Balaban J connectivity index is 2.72. The summed E-state index contributed by atoms with van der Waals surface area (Å²) in [5.41, 5.74) is 6.14. The Labute approximate surface area is 108 Å². The summed E-state index contributed by atoms with van der Waals surface area (Å²) in [7, 11) is 0. The lowest BCUT2D eigenvalue weighted by Crippen LogP contribution is -2.35. The minimum atomic E-state index is -0.514. The molecule has 0 saturated carbocycles. The highest BCUT2D eigenvalue weighted by Crippen LogP contribution is 2.23. The van der Waals surface area contributed by atoms with Crippen molar-refractivity contribution in [3.8, 4) is 0 Å². The van der Waals surface area contributed by atoms with Gasteiger partial charge in [0.15, 0.2) is 5.15 Å². The van der Waals surface area contributed by atoms with Crippen molar-refractivity contribution in [2.45, 2.75) is 25.8 Å². The van der Waals surface area contributed by atoms with Gasteiger partial charge in [-0.1, -0.05) is 24.9 Å². The van der Waals surface area contributed by atoms with Crippen LogP contribution in [-0.4, -0.2) is 16.9 Å². The van der Waals surface area contributed by atoms with Gasteiger partial charge in [-0.3, -0.25) is 4.79 Å². The van der Waals surface area contributed by atoms with Crippen LogP contribution in [0.15, 0.2) is 16.7 Å².